The van der Waals surface area contributed by atoms with Crippen molar-refractivity contribution in [2.75, 3.05) is 5.32 Å². The number of halogens is 3. The van der Waals surface area contributed by atoms with Gasteiger partial charge in [0, 0.05) is 16.8 Å². The molecule has 1 heterocycles. The summed E-state index contributed by atoms with van der Waals surface area (Å²) in [4.78, 5) is 26.5. The first kappa shape index (κ1) is 26.2. The Hall–Kier alpha value is -5.38. The number of aromatic amines is 1. The number of H-pyrrole nitrogens is 1. The summed E-state index contributed by atoms with van der Waals surface area (Å²) >= 11 is 0. The van der Waals surface area contributed by atoms with Crippen LogP contribution in [0.3, 0.4) is 0 Å². The van der Waals surface area contributed by atoms with Gasteiger partial charge in [-0.25, -0.2) is 14.9 Å². The summed E-state index contributed by atoms with van der Waals surface area (Å²) in [5.74, 6) is 0. The number of hydrazone groups is 1. The number of para-hydroxylation sites is 2. The molecule has 7 nitrogen and oxygen atoms in total. The Labute approximate surface area is 226 Å². The van der Waals surface area contributed by atoms with Crippen LogP contribution in [-0.4, -0.2) is 21.5 Å². The van der Waals surface area contributed by atoms with E-state index >= 15 is 0 Å². The molecular formula is C30H22F3N5O2. The number of urea groups is 1. The molecule has 0 aliphatic rings. The van der Waals surface area contributed by atoms with Gasteiger partial charge in [-0.15, -0.1) is 0 Å². The highest BCUT2D eigenvalue weighted by Crippen LogP contribution is 2.30. The van der Waals surface area contributed by atoms with Crippen molar-refractivity contribution in [3.63, 3.8) is 0 Å². The standard InChI is InChI=1S/C30H22F3N5O2/c31-30(32,33)22-18-16-21(17-19-22)26(35-36-29(40)34-23-12-6-2-7-13-23)25-27(20-10-4-1-5-11-20)37-38(28(25)39)24-14-8-3-9-15-24/h1-19,37H,(H2,34,36,40)/b35-26-. The monoisotopic (exact) mass is 541 g/mol. The van der Waals surface area contributed by atoms with Gasteiger partial charge in [0.1, 0.15) is 5.71 Å². The molecule has 0 aliphatic heterocycles. The summed E-state index contributed by atoms with van der Waals surface area (Å²) in [6.07, 6.45) is -4.55. The van der Waals surface area contributed by atoms with Crippen molar-refractivity contribution in [3.05, 3.63) is 142 Å². The minimum absolute atomic E-state index is 0.0216. The SMILES string of the molecule is O=C(N/N=C(/c1ccc(C(F)(F)F)cc1)c1c(-c2ccccc2)[nH]n(-c2ccccc2)c1=O)Nc1ccccc1. The number of benzene rings is 4. The van der Waals surface area contributed by atoms with Crippen molar-refractivity contribution in [2.24, 2.45) is 5.10 Å². The Morgan fingerprint density at radius 1 is 0.775 bits per heavy atom. The lowest BCUT2D eigenvalue weighted by atomic mass is 9.98. The second kappa shape index (κ2) is 11.2. The second-order valence-electron chi connectivity index (χ2n) is 8.67. The summed E-state index contributed by atoms with van der Waals surface area (Å²) in [5.41, 5.74) is 3.31. The van der Waals surface area contributed by atoms with Gasteiger partial charge >= 0.3 is 12.2 Å². The maximum atomic E-state index is 13.9. The zero-order valence-electron chi connectivity index (χ0n) is 20.8. The minimum atomic E-state index is -4.55. The number of hydrogen-bond donors (Lipinski definition) is 3. The zero-order valence-corrected chi connectivity index (χ0v) is 20.8. The molecule has 5 rings (SSSR count). The molecule has 5 aromatic rings. The largest absolute Gasteiger partial charge is 0.416 e. The molecular weight excluding hydrogens is 519 g/mol. The summed E-state index contributed by atoms with van der Waals surface area (Å²) in [6, 6.07) is 29.9. The molecule has 0 atom stereocenters. The number of carbonyl (C=O) groups excluding carboxylic acids is 1. The van der Waals surface area contributed by atoms with E-state index in [-0.39, 0.29) is 16.8 Å². The number of rotatable bonds is 6. The molecule has 0 spiro atoms. The Morgan fingerprint density at radius 2 is 1.35 bits per heavy atom. The fourth-order valence-corrected chi connectivity index (χ4v) is 4.10. The first-order valence-electron chi connectivity index (χ1n) is 12.1. The van der Waals surface area contributed by atoms with Crippen molar-refractivity contribution in [1.29, 1.82) is 0 Å². The molecule has 4 aromatic carbocycles. The van der Waals surface area contributed by atoms with Crippen molar-refractivity contribution in [3.8, 4) is 16.9 Å². The molecule has 1 aromatic heterocycles. The molecule has 3 N–H and O–H groups in total. The van der Waals surface area contributed by atoms with E-state index in [9.17, 15) is 22.8 Å². The molecule has 0 aliphatic carbocycles. The summed E-state index contributed by atoms with van der Waals surface area (Å²) in [5, 5.41) is 9.98. The van der Waals surface area contributed by atoms with Crippen LogP contribution in [0.5, 0.6) is 0 Å². The predicted octanol–water partition coefficient (Wildman–Crippen LogP) is 6.43. The van der Waals surface area contributed by atoms with Crippen molar-refractivity contribution in [1.82, 2.24) is 15.2 Å². The van der Waals surface area contributed by atoms with Crippen LogP contribution >= 0.6 is 0 Å². The van der Waals surface area contributed by atoms with E-state index in [1.165, 1.54) is 16.8 Å². The van der Waals surface area contributed by atoms with Gasteiger partial charge in [0.2, 0.25) is 0 Å². The van der Waals surface area contributed by atoms with Crippen LogP contribution in [0.25, 0.3) is 16.9 Å². The quantitative estimate of drug-likeness (QED) is 0.171. The van der Waals surface area contributed by atoms with Crippen LogP contribution < -0.4 is 16.3 Å². The fourth-order valence-electron chi connectivity index (χ4n) is 4.10. The third-order valence-corrected chi connectivity index (χ3v) is 5.99. The molecule has 0 saturated heterocycles. The fraction of sp³-hybridized carbons (Fsp3) is 0.0333. The van der Waals surface area contributed by atoms with Crippen molar-refractivity contribution < 1.29 is 18.0 Å². The van der Waals surface area contributed by atoms with Gasteiger partial charge in [-0.2, -0.15) is 18.3 Å². The number of alkyl halides is 3. The summed E-state index contributed by atoms with van der Waals surface area (Å²) < 4.78 is 41.2. The van der Waals surface area contributed by atoms with Crippen LogP contribution in [0.2, 0.25) is 0 Å². The smallest absolute Gasteiger partial charge is 0.307 e. The Bertz CT molecular complexity index is 1690. The highest BCUT2D eigenvalue weighted by Gasteiger charge is 2.31. The highest BCUT2D eigenvalue weighted by molar-refractivity contribution is 6.16. The third kappa shape index (κ3) is 5.70. The van der Waals surface area contributed by atoms with Gasteiger partial charge in [0.25, 0.3) is 5.56 Å². The number of hydrogen-bond acceptors (Lipinski definition) is 3. The van der Waals surface area contributed by atoms with Crippen LogP contribution in [0.1, 0.15) is 16.7 Å². The molecule has 0 unspecified atom stereocenters. The van der Waals surface area contributed by atoms with Gasteiger partial charge in [-0.3, -0.25) is 9.89 Å². The van der Waals surface area contributed by atoms with Gasteiger partial charge in [-0.05, 0) is 36.4 Å². The van der Waals surface area contributed by atoms with E-state index in [1.54, 1.807) is 84.9 Å². The molecule has 10 heteroatoms. The minimum Gasteiger partial charge on any atom is -0.307 e. The van der Waals surface area contributed by atoms with Crippen LogP contribution in [-0.2, 0) is 6.18 Å². The van der Waals surface area contributed by atoms with E-state index in [4.69, 9.17) is 0 Å². The summed E-state index contributed by atoms with van der Waals surface area (Å²) in [6.45, 7) is 0. The third-order valence-electron chi connectivity index (χ3n) is 5.99. The van der Waals surface area contributed by atoms with Crippen molar-refractivity contribution in [2.45, 2.75) is 6.18 Å². The highest BCUT2D eigenvalue weighted by atomic mass is 19.4. The number of aromatic nitrogens is 2. The van der Waals surface area contributed by atoms with Crippen LogP contribution in [0.4, 0.5) is 23.7 Å². The van der Waals surface area contributed by atoms with Gasteiger partial charge in [0.15, 0.2) is 0 Å². The average molecular weight is 542 g/mol. The normalized spacial score (nSPS) is 11.7. The first-order valence-corrected chi connectivity index (χ1v) is 12.1. The van der Waals surface area contributed by atoms with E-state index < -0.39 is 23.3 Å². The van der Waals surface area contributed by atoms with Gasteiger partial charge in [0.05, 0.1) is 22.5 Å². The van der Waals surface area contributed by atoms with Gasteiger partial charge < -0.3 is 5.32 Å². The molecule has 0 bridgehead atoms. The van der Waals surface area contributed by atoms with E-state index in [0.29, 0.717) is 22.6 Å². The maximum absolute atomic E-state index is 13.9. The Balaban J connectivity index is 1.66. The number of carbonyl (C=O) groups is 1. The lowest BCUT2D eigenvalue weighted by molar-refractivity contribution is -0.137. The second-order valence-corrected chi connectivity index (χ2v) is 8.67. The topological polar surface area (TPSA) is 91.3 Å². The lowest BCUT2D eigenvalue weighted by Crippen LogP contribution is -2.28. The predicted molar refractivity (Wildman–Crippen MR) is 148 cm³/mol. The van der Waals surface area contributed by atoms with E-state index in [2.05, 4.69) is 20.9 Å². The maximum Gasteiger partial charge on any atom is 0.416 e. The number of nitrogens with one attached hydrogen (secondary N) is 3. The number of nitrogens with zero attached hydrogens (tertiary/aromatic N) is 2. The molecule has 0 saturated carbocycles. The molecule has 40 heavy (non-hydrogen) atoms. The first-order chi connectivity index (χ1) is 19.3. The molecule has 0 radical (unpaired) electrons. The van der Waals surface area contributed by atoms with E-state index in [0.717, 1.165) is 12.1 Å². The van der Waals surface area contributed by atoms with Crippen LogP contribution in [0.15, 0.2) is 125 Å². The van der Waals surface area contributed by atoms with Crippen LogP contribution in [0, 0.1) is 0 Å². The number of anilines is 1. The summed E-state index contributed by atoms with van der Waals surface area (Å²) in [7, 11) is 0. The molecule has 0 fully saturated rings. The van der Waals surface area contributed by atoms with Crippen molar-refractivity contribution >= 4 is 17.4 Å². The Kier molecular flexibility index (Phi) is 7.32. The zero-order chi connectivity index (χ0) is 28.1. The van der Waals surface area contributed by atoms with Gasteiger partial charge in [-0.1, -0.05) is 78.9 Å². The molecule has 200 valence electrons. The Morgan fingerprint density at radius 3 is 1.95 bits per heavy atom. The lowest BCUT2D eigenvalue weighted by Gasteiger charge is -2.11. The average Bonchev–Trinajstić information content (AvgIpc) is 3.31. The van der Waals surface area contributed by atoms with E-state index in [1.807, 2.05) is 6.07 Å². The molecule has 2 amide bonds. The number of amides is 2.